The summed E-state index contributed by atoms with van der Waals surface area (Å²) in [6, 6.07) is 0.432. The van der Waals surface area contributed by atoms with Crippen LogP contribution in [-0.4, -0.2) is 47.9 Å². The van der Waals surface area contributed by atoms with Crippen LogP contribution in [0.3, 0.4) is 0 Å². The molecule has 0 unspecified atom stereocenters. The first-order chi connectivity index (χ1) is 8.74. The van der Waals surface area contributed by atoms with E-state index in [0.29, 0.717) is 6.04 Å². The Balaban J connectivity index is 1.90. The largest absolute Gasteiger partial charge is 0.341 e. The van der Waals surface area contributed by atoms with Crippen molar-refractivity contribution in [1.29, 1.82) is 0 Å². The second kappa shape index (κ2) is 5.86. The number of carbonyl (C=O) groups is 1. The lowest BCUT2D eigenvalue weighted by Gasteiger charge is -2.31. The van der Waals surface area contributed by atoms with Crippen molar-refractivity contribution >= 4 is 6.03 Å². The Kier molecular flexibility index (Phi) is 4.19. The molecular weight excluding hydrogens is 230 g/mol. The lowest BCUT2D eigenvalue weighted by Crippen LogP contribution is -2.43. The van der Waals surface area contributed by atoms with E-state index in [1.807, 2.05) is 22.8 Å². The van der Waals surface area contributed by atoms with Crippen LogP contribution < -0.4 is 10.6 Å². The summed E-state index contributed by atoms with van der Waals surface area (Å²) in [5, 5.41) is 10.2. The van der Waals surface area contributed by atoms with E-state index in [4.69, 9.17) is 0 Å². The molecule has 0 radical (unpaired) electrons. The molecule has 1 aromatic rings. The predicted molar refractivity (Wildman–Crippen MR) is 69.3 cm³/mol. The Labute approximate surface area is 107 Å². The summed E-state index contributed by atoms with van der Waals surface area (Å²) in [6.45, 7) is 2.44. The highest BCUT2D eigenvalue weighted by Gasteiger charge is 2.23. The minimum absolute atomic E-state index is 0.0183. The van der Waals surface area contributed by atoms with Crippen molar-refractivity contribution in [3.8, 4) is 0 Å². The third-order valence-electron chi connectivity index (χ3n) is 3.38. The predicted octanol–water partition coefficient (Wildman–Crippen LogP) is 0.579. The zero-order valence-electron chi connectivity index (χ0n) is 11.0. The maximum Gasteiger partial charge on any atom is 0.317 e. The lowest BCUT2D eigenvalue weighted by atomic mass is 10.1. The molecule has 0 aromatic carbocycles. The van der Waals surface area contributed by atoms with Crippen molar-refractivity contribution in [3.63, 3.8) is 0 Å². The molecule has 100 valence electrons. The third-order valence-corrected chi connectivity index (χ3v) is 3.38. The molecule has 1 fully saturated rings. The molecule has 1 saturated heterocycles. The van der Waals surface area contributed by atoms with Gasteiger partial charge in [-0.05, 0) is 19.9 Å². The van der Waals surface area contributed by atoms with Crippen LogP contribution in [0.15, 0.2) is 12.4 Å². The molecule has 1 aromatic heterocycles. The van der Waals surface area contributed by atoms with E-state index in [1.165, 1.54) is 5.56 Å². The average Bonchev–Trinajstić information content (AvgIpc) is 2.87. The third kappa shape index (κ3) is 2.81. The molecule has 2 heterocycles. The highest BCUT2D eigenvalue weighted by Crippen LogP contribution is 2.22. The first-order valence-corrected chi connectivity index (χ1v) is 6.39. The average molecular weight is 251 g/mol. The molecule has 6 nitrogen and oxygen atoms in total. The molecule has 0 atom stereocenters. The highest BCUT2D eigenvalue weighted by atomic mass is 16.2. The maximum absolute atomic E-state index is 11.5. The van der Waals surface area contributed by atoms with Crippen LogP contribution in [0.1, 0.15) is 24.4 Å². The number of hydrogen-bond donors (Lipinski definition) is 2. The van der Waals surface area contributed by atoms with Crippen LogP contribution >= 0.6 is 0 Å². The number of nitrogens with one attached hydrogen (secondary N) is 2. The Bertz CT molecular complexity index is 395. The van der Waals surface area contributed by atoms with Gasteiger partial charge in [0, 0.05) is 38.4 Å². The van der Waals surface area contributed by atoms with Crippen molar-refractivity contribution in [1.82, 2.24) is 25.3 Å². The number of likely N-dealkylation sites (tertiary alicyclic amines) is 1. The molecule has 2 N–H and O–H groups in total. The molecule has 2 amide bonds. The van der Waals surface area contributed by atoms with Crippen LogP contribution in [0.2, 0.25) is 0 Å². The number of urea groups is 1. The monoisotopic (exact) mass is 251 g/mol. The van der Waals surface area contributed by atoms with Crippen LogP contribution in [-0.2, 0) is 6.54 Å². The quantitative estimate of drug-likeness (QED) is 0.826. The topological polar surface area (TPSA) is 62.2 Å². The molecule has 0 aliphatic carbocycles. The molecule has 0 bridgehead atoms. The summed E-state index contributed by atoms with van der Waals surface area (Å²) in [5.41, 5.74) is 1.20. The Hall–Kier alpha value is -1.56. The SMILES string of the molecule is CNCc1cnn(C2CCN(C(=O)NC)CC2)c1. The number of rotatable bonds is 3. The molecule has 0 saturated carbocycles. The van der Waals surface area contributed by atoms with Gasteiger partial charge in [0.05, 0.1) is 12.2 Å². The van der Waals surface area contributed by atoms with Crippen molar-refractivity contribution in [2.45, 2.75) is 25.4 Å². The Morgan fingerprint density at radius 3 is 2.78 bits per heavy atom. The summed E-state index contributed by atoms with van der Waals surface area (Å²) in [6.07, 6.45) is 5.93. The molecule has 18 heavy (non-hydrogen) atoms. The number of aromatic nitrogens is 2. The summed E-state index contributed by atoms with van der Waals surface area (Å²) < 4.78 is 2.04. The zero-order valence-corrected chi connectivity index (χ0v) is 11.0. The van der Waals surface area contributed by atoms with Crippen molar-refractivity contribution in [2.24, 2.45) is 0 Å². The first-order valence-electron chi connectivity index (χ1n) is 6.39. The van der Waals surface area contributed by atoms with Crippen LogP contribution in [0.25, 0.3) is 0 Å². The molecule has 6 heteroatoms. The van der Waals surface area contributed by atoms with E-state index in [0.717, 1.165) is 32.5 Å². The fourth-order valence-electron chi connectivity index (χ4n) is 2.36. The lowest BCUT2D eigenvalue weighted by molar-refractivity contribution is 0.170. The van der Waals surface area contributed by atoms with Crippen LogP contribution in [0, 0.1) is 0 Å². The molecule has 1 aliphatic heterocycles. The van der Waals surface area contributed by atoms with Crippen molar-refractivity contribution < 1.29 is 4.79 Å². The molecule has 0 spiro atoms. The van der Waals surface area contributed by atoms with Crippen LogP contribution in [0.5, 0.6) is 0 Å². The summed E-state index contributed by atoms with van der Waals surface area (Å²) in [4.78, 5) is 13.3. The smallest absolute Gasteiger partial charge is 0.317 e. The van der Waals surface area contributed by atoms with Gasteiger partial charge in [-0.2, -0.15) is 5.10 Å². The van der Waals surface area contributed by atoms with Gasteiger partial charge in [0.2, 0.25) is 0 Å². The first kappa shape index (κ1) is 12.9. The minimum Gasteiger partial charge on any atom is -0.341 e. The fourth-order valence-corrected chi connectivity index (χ4v) is 2.36. The molecule has 1 aliphatic rings. The van der Waals surface area contributed by atoms with Gasteiger partial charge in [-0.3, -0.25) is 4.68 Å². The molecular formula is C12H21N5O. The van der Waals surface area contributed by atoms with E-state index in [1.54, 1.807) is 7.05 Å². The van der Waals surface area contributed by atoms with E-state index in [9.17, 15) is 4.79 Å². The second-order valence-corrected chi connectivity index (χ2v) is 4.63. The summed E-state index contributed by atoms with van der Waals surface area (Å²) in [7, 11) is 3.60. The van der Waals surface area contributed by atoms with Gasteiger partial charge in [-0.1, -0.05) is 0 Å². The Morgan fingerprint density at radius 1 is 1.44 bits per heavy atom. The standard InChI is InChI=1S/C12H21N5O/c1-13-7-10-8-15-17(9-10)11-3-5-16(6-4-11)12(18)14-2/h8-9,11,13H,3-7H2,1-2H3,(H,14,18). The summed E-state index contributed by atoms with van der Waals surface area (Å²) >= 11 is 0. The van der Waals surface area contributed by atoms with E-state index in [2.05, 4.69) is 21.9 Å². The van der Waals surface area contributed by atoms with Crippen molar-refractivity contribution in [2.75, 3.05) is 27.2 Å². The van der Waals surface area contributed by atoms with Gasteiger partial charge >= 0.3 is 6.03 Å². The fraction of sp³-hybridized carbons (Fsp3) is 0.667. The van der Waals surface area contributed by atoms with Crippen molar-refractivity contribution in [3.05, 3.63) is 18.0 Å². The number of piperidine rings is 1. The Morgan fingerprint density at radius 2 is 2.17 bits per heavy atom. The van der Waals surface area contributed by atoms with E-state index < -0.39 is 0 Å². The van der Waals surface area contributed by atoms with Gasteiger partial charge < -0.3 is 15.5 Å². The van der Waals surface area contributed by atoms with Crippen LogP contribution in [0.4, 0.5) is 4.79 Å². The van der Waals surface area contributed by atoms with E-state index in [-0.39, 0.29) is 6.03 Å². The normalized spacial score (nSPS) is 16.9. The number of carbonyl (C=O) groups excluding carboxylic acids is 1. The second-order valence-electron chi connectivity index (χ2n) is 4.63. The van der Waals surface area contributed by atoms with E-state index >= 15 is 0 Å². The maximum atomic E-state index is 11.5. The number of amides is 2. The van der Waals surface area contributed by atoms with Gasteiger partial charge in [0.25, 0.3) is 0 Å². The van der Waals surface area contributed by atoms with Gasteiger partial charge in [0.15, 0.2) is 0 Å². The summed E-state index contributed by atoms with van der Waals surface area (Å²) in [5.74, 6) is 0. The minimum atomic E-state index is 0.0183. The highest BCUT2D eigenvalue weighted by molar-refractivity contribution is 5.73. The van der Waals surface area contributed by atoms with Gasteiger partial charge in [-0.15, -0.1) is 0 Å². The van der Waals surface area contributed by atoms with Gasteiger partial charge in [-0.25, -0.2) is 4.79 Å². The van der Waals surface area contributed by atoms with Gasteiger partial charge in [0.1, 0.15) is 0 Å². The molecule has 2 rings (SSSR count). The number of nitrogens with zero attached hydrogens (tertiary/aromatic N) is 3. The zero-order chi connectivity index (χ0) is 13.0. The number of hydrogen-bond acceptors (Lipinski definition) is 3.